The first kappa shape index (κ1) is 16.5. The molecule has 7 nitrogen and oxygen atoms in total. The molecule has 2 aromatic rings. The van der Waals surface area contributed by atoms with Crippen molar-refractivity contribution in [1.29, 1.82) is 0 Å². The van der Waals surface area contributed by atoms with Gasteiger partial charge in [-0.3, -0.25) is 4.99 Å². The summed E-state index contributed by atoms with van der Waals surface area (Å²) in [6.07, 6.45) is 4.68. The van der Waals surface area contributed by atoms with E-state index in [0.717, 1.165) is 35.8 Å². The van der Waals surface area contributed by atoms with Crippen LogP contribution in [0.3, 0.4) is 0 Å². The summed E-state index contributed by atoms with van der Waals surface area (Å²) in [4.78, 5) is 27.2. The topological polar surface area (TPSA) is 82.5 Å². The summed E-state index contributed by atoms with van der Waals surface area (Å²) in [5, 5.41) is 6.18. The standard InChI is InChI=1S/C19H22N6O/c1-20-19(26)25-8-7-14(12-25)18-23-11-16(24-18)15-9-21-17(22-10-15)13-5-3-2-4-6-13/h2-6,9-10,14,16H,7-8,11-12H2,1H3,(H,20,26)(H,23,24). The van der Waals surface area contributed by atoms with Gasteiger partial charge < -0.3 is 15.5 Å². The lowest BCUT2D eigenvalue weighted by Gasteiger charge is -2.17. The van der Waals surface area contributed by atoms with E-state index in [0.29, 0.717) is 13.1 Å². The van der Waals surface area contributed by atoms with E-state index in [9.17, 15) is 4.79 Å². The predicted molar refractivity (Wildman–Crippen MR) is 99.8 cm³/mol. The van der Waals surface area contributed by atoms with Gasteiger partial charge in [0.25, 0.3) is 0 Å². The summed E-state index contributed by atoms with van der Waals surface area (Å²) in [5.74, 6) is 2.00. The number of amidine groups is 1. The van der Waals surface area contributed by atoms with E-state index in [1.54, 1.807) is 7.05 Å². The van der Waals surface area contributed by atoms with Gasteiger partial charge in [0.15, 0.2) is 5.82 Å². The van der Waals surface area contributed by atoms with Crippen molar-refractivity contribution in [2.45, 2.75) is 12.5 Å². The number of hydrogen-bond acceptors (Lipinski definition) is 5. The summed E-state index contributed by atoms with van der Waals surface area (Å²) in [5.41, 5.74) is 2.04. The maximum atomic E-state index is 11.7. The minimum atomic E-state index is -0.0208. The summed E-state index contributed by atoms with van der Waals surface area (Å²) in [6, 6.07) is 10.0. The second-order valence-corrected chi connectivity index (χ2v) is 6.62. The van der Waals surface area contributed by atoms with Crippen LogP contribution in [0.15, 0.2) is 47.7 Å². The van der Waals surface area contributed by atoms with Gasteiger partial charge in [-0.1, -0.05) is 30.3 Å². The molecule has 1 aromatic carbocycles. The Morgan fingerprint density at radius 2 is 2.00 bits per heavy atom. The Morgan fingerprint density at radius 1 is 1.23 bits per heavy atom. The Hall–Kier alpha value is -2.96. The molecule has 2 atom stereocenters. The van der Waals surface area contributed by atoms with E-state index < -0.39 is 0 Å². The van der Waals surface area contributed by atoms with E-state index in [2.05, 4.69) is 25.6 Å². The largest absolute Gasteiger partial charge is 0.365 e. The van der Waals surface area contributed by atoms with Crippen molar-refractivity contribution in [1.82, 2.24) is 25.5 Å². The molecule has 0 spiro atoms. The zero-order valence-electron chi connectivity index (χ0n) is 14.7. The molecule has 2 aliphatic heterocycles. The molecule has 2 N–H and O–H groups in total. The number of likely N-dealkylation sites (tertiary alicyclic amines) is 1. The van der Waals surface area contributed by atoms with Gasteiger partial charge in [0.05, 0.1) is 12.6 Å². The fourth-order valence-electron chi connectivity index (χ4n) is 3.48. The van der Waals surface area contributed by atoms with Crippen LogP contribution in [0.1, 0.15) is 18.0 Å². The lowest BCUT2D eigenvalue weighted by molar-refractivity contribution is 0.210. The van der Waals surface area contributed by atoms with Crippen LogP contribution in [0, 0.1) is 5.92 Å². The molecule has 1 aromatic heterocycles. The predicted octanol–water partition coefficient (Wildman–Crippen LogP) is 1.85. The van der Waals surface area contributed by atoms with Gasteiger partial charge in [0, 0.05) is 49.6 Å². The van der Waals surface area contributed by atoms with Crippen LogP contribution < -0.4 is 10.6 Å². The zero-order chi connectivity index (χ0) is 17.9. The summed E-state index contributed by atoms with van der Waals surface area (Å²) >= 11 is 0. The fraction of sp³-hybridized carbons (Fsp3) is 0.368. The molecule has 2 unspecified atom stereocenters. The van der Waals surface area contributed by atoms with Crippen LogP contribution in [0.2, 0.25) is 0 Å². The van der Waals surface area contributed by atoms with E-state index in [-0.39, 0.29) is 18.0 Å². The third-order valence-electron chi connectivity index (χ3n) is 4.95. The van der Waals surface area contributed by atoms with Crippen molar-refractivity contribution in [3.63, 3.8) is 0 Å². The first-order valence-corrected chi connectivity index (χ1v) is 8.89. The highest BCUT2D eigenvalue weighted by molar-refractivity contribution is 5.88. The maximum absolute atomic E-state index is 11.7. The number of carbonyl (C=O) groups is 1. The monoisotopic (exact) mass is 350 g/mol. The SMILES string of the molecule is CNC(=O)N1CCC(C2=NCC(c3cnc(-c4ccccc4)nc3)N2)C1. The zero-order valence-corrected chi connectivity index (χ0v) is 14.7. The average Bonchev–Trinajstić information content (AvgIpc) is 3.38. The van der Waals surface area contributed by atoms with Crippen molar-refractivity contribution in [2.75, 3.05) is 26.7 Å². The quantitative estimate of drug-likeness (QED) is 0.885. The van der Waals surface area contributed by atoms with Crippen LogP contribution in [0.5, 0.6) is 0 Å². The molecule has 2 aliphatic rings. The summed E-state index contributed by atoms with van der Waals surface area (Å²) < 4.78 is 0. The smallest absolute Gasteiger partial charge is 0.317 e. The number of amides is 2. The Morgan fingerprint density at radius 3 is 2.73 bits per heavy atom. The second-order valence-electron chi connectivity index (χ2n) is 6.62. The molecule has 1 fully saturated rings. The van der Waals surface area contributed by atoms with Gasteiger partial charge in [-0.05, 0) is 6.42 Å². The number of benzene rings is 1. The van der Waals surface area contributed by atoms with Gasteiger partial charge >= 0.3 is 6.03 Å². The number of carbonyl (C=O) groups excluding carboxylic acids is 1. The molecule has 1 saturated heterocycles. The first-order valence-electron chi connectivity index (χ1n) is 8.89. The molecular weight excluding hydrogens is 328 g/mol. The number of aromatic nitrogens is 2. The summed E-state index contributed by atoms with van der Waals surface area (Å²) in [7, 11) is 1.66. The highest BCUT2D eigenvalue weighted by Crippen LogP contribution is 2.24. The van der Waals surface area contributed by atoms with Crippen LogP contribution in [0.4, 0.5) is 4.79 Å². The Kier molecular flexibility index (Phi) is 4.51. The number of nitrogens with one attached hydrogen (secondary N) is 2. The van der Waals surface area contributed by atoms with Crippen LogP contribution in [-0.4, -0.2) is 53.4 Å². The Bertz CT molecular complexity index is 805. The number of rotatable bonds is 3. The minimum absolute atomic E-state index is 0.0208. The van der Waals surface area contributed by atoms with E-state index in [4.69, 9.17) is 0 Å². The van der Waals surface area contributed by atoms with Crippen LogP contribution >= 0.6 is 0 Å². The van der Waals surface area contributed by atoms with E-state index in [1.807, 2.05) is 47.6 Å². The van der Waals surface area contributed by atoms with Crippen molar-refractivity contribution >= 4 is 11.9 Å². The third-order valence-corrected chi connectivity index (χ3v) is 4.95. The number of hydrogen-bond donors (Lipinski definition) is 2. The number of urea groups is 1. The van der Waals surface area contributed by atoms with Crippen LogP contribution in [-0.2, 0) is 0 Å². The fourth-order valence-corrected chi connectivity index (χ4v) is 3.48. The first-order chi connectivity index (χ1) is 12.7. The highest BCUT2D eigenvalue weighted by atomic mass is 16.2. The Balaban J connectivity index is 1.39. The normalized spacial score (nSPS) is 22.0. The molecule has 0 saturated carbocycles. The van der Waals surface area contributed by atoms with E-state index in [1.165, 1.54) is 0 Å². The molecular formula is C19H22N6O. The van der Waals surface area contributed by atoms with E-state index >= 15 is 0 Å². The molecule has 0 aliphatic carbocycles. The van der Waals surface area contributed by atoms with Gasteiger partial charge in [-0.2, -0.15) is 0 Å². The lowest BCUT2D eigenvalue weighted by Crippen LogP contribution is -2.38. The van der Waals surface area contributed by atoms with Gasteiger partial charge in [0.1, 0.15) is 5.84 Å². The average molecular weight is 350 g/mol. The minimum Gasteiger partial charge on any atom is -0.365 e. The molecule has 4 rings (SSSR count). The lowest BCUT2D eigenvalue weighted by atomic mass is 10.1. The molecule has 26 heavy (non-hydrogen) atoms. The number of aliphatic imine (C=N–C) groups is 1. The highest BCUT2D eigenvalue weighted by Gasteiger charge is 2.32. The third kappa shape index (κ3) is 3.24. The van der Waals surface area contributed by atoms with Crippen molar-refractivity contribution in [3.8, 4) is 11.4 Å². The maximum Gasteiger partial charge on any atom is 0.317 e. The van der Waals surface area contributed by atoms with Crippen molar-refractivity contribution in [2.24, 2.45) is 10.9 Å². The van der Waals surface area contributed by atoms with Gasteiger partial charge in [0.2, 0.25) is 0 Å². The summed E-state index contributed by atoms with van der Waals surface area (Å²) in [6.45, 7) is 2.16. The molecule has 0 radical (unpaired) electrons. The van der Waals surface area contributed by atoms with Crippen molar-refractivity contribution < 1.29 is 4.79 Å². The van der Waals surface area contributed by atoms with Gasteiger partial charge in [-0.25, -0.2) is 14.8 Å². The molecule has 134 valence electrons. The number of nitrogens with zero attached hydrogens (tertiary/aromatic N) is 4. The van der Waals surface area contributed by atoms with Gasteiger partial charge in [-0.15, -0.1) is 0 Å². The Labute approximate surface area is 152 Å². The second kappa shape index (κ2) is 7.11. The molecule has 7 heteroatoms. The molecule has 0 bridgehead atoms. The molecule has 2 amide bonds. The van der Waals surface area contributed by atoms with Crippen molar-refractivity contribution in [3.05, 3.63) is 48.3 Å². The molecule has 3 heterocycles. The van der Waals surface area contributed by atoms with Crippen LogP contribution in [0.25, 0.3) is 11.4 Å².